The van der Waals surface area contributed by atoms with Crippen molar-refractivity contribution in [3.05, 3.63) is 41.6 Å². The molecule has 0 saturated heterocycles. The van der Waals surface area contributed by atoms with Crippen molar-refractivity contribution in [2.75, 3.05) is 31.7 Å². The van der Waals surface area contributed by atoms with Gasteiger partial charge in [0.2, 0.25) is 8.32 Å². The average Bonchev–Trinajstić information content (AvgIpc) is 2.59. The van der Waals surface area contributed by atoms with Gasteiger partial charge in [-0.05, 0) is 51.1 Å². The van der Waals surface area contributed by atoms with E-state index in [2.05, 4.69) is 31.5 Å². The Kier molecular flexibility index (Phi) is 8.93. The van der Waals surface area contributed by atoms with Crippen molar-refractivity contribution in [2.24, 2.45) is 0 Å². The van der Waals surface area contributed by atoms with Crippen LogP contribution in [0.2, 0.25) is 13.1 Å². The number of esters is 1. The number of nitrogens with zero attached hydrogens (tertiary/aromatic N) is 1. The second-order valence-electron chi connectivity index (χ2n) is 6.76. The molecule has 0 atom stereocenters. The Hall–Kier alpha value is -1.59. The van der Waals surface area contributed by atoms with E-state index in [1.165, 1.54) is 5.20 Å². The Morgan fingerprint density at radius 1 is 1.28 bits per heavy atom. The van der Waals surface area contributed by atoms with Crippen LogP contribution < -0.4 is 4.90 Å². The first-order chi connectivity index (χ1) is 11.8. The molecule has 0 amide bonds. The highest BCUT2D eigenvalue weighted by molar-refractivity contribution is 6.78. The summed E-state index contributed by atoms with van der Waals surface area (Å²) in [4.78, 5) is 14.0. The zero-order valence-corrected chi connectivity index (χ0v) is 17.4. The summed E-state index contributed by atoms with van der Waals surface area (Å²) in [6, 6.07) is 7.55. The zero-order chi connectivity index (χ0) is 18.9. The highest BCUT2D eigenvalue weighted by Crippen LogP contribution is 2.20. The van der Waals surface area contributed by atoms with E-state index < -0.39 is 8.32 Å². The molecule has 0 aliphatic heterocycles. The topological polar surface area (TPSA) is 38.8 Å². The van der Waals surface area contributed by atoms with Crippen LogP contribution in [0.15, 0.2) is 36.0 Å². The number of allylic oxidation sites excluding steroid dienone is 1. The molecular formula is C20H33NO3Si. The van der Waals surface area contributed by atoms with Gasteiger partial charge in [0.15, 0.2) is 0 Å². The lowest BCUT2D eigenvalue weighted by atomic mass is 10.2. The van der Waals surface area contributed by atoms with Gasteiger partial charge < -0.3 is 14.1 Å². The average molecular weight is 364 g/mol. The third-order valence-electron chi connectivity index (χ3n) is 4.30. The first-order valence-corrected chi connectivity index (χ1v) is 12.0. The fourth-order valence-corrected chi connectivity index (χ4v) is 4.26. The Morgan fingerprint density at radius 2 is 2.00 bits per heavy atom. The standard InChI is InChI=1S/C20H33NO3Si/c1-7-11-17(3)25(5,6)24-15-10-14-21(4)19-13-9-12-18(16-19)20(22)23-8-2/h9,12-13,16H,3,7-8,10-11,14-15H2,1-2,4-6H3. The molecule has 0 spiro atoms. The maximum absolute atomic E-state index is 11.8. The monoisotopic (exact) mass is 363 g/mol. The molecule has 4 nitrogen and oxygen atoms in total. The van der Waals surface area contributed by atoms with Crippen LogP contribution >= 0.6 is 0 Å². The van der Waals surface area contributed by atoms with Crippen LogP contribution in [-0.2, 0) is 9.16 Å². The van der Waals surface area contributed by atoms with E-state index in [4.69, 9.17) is 9.16 Å². The summed E-state index contributed by atoms with van der Waals surface area (Å²) < 4.78 is 11.2. The summed E-state index contributed by atoms with van der Waals surface area (Å²) in [5.41, 5.74) is 1.60. The van der Waals surface area contributed by atoms with E-state index in [0.29, 0.717) is 12.2 Å². The predicted octanol–water partition coefficient (Wildman–Crippen LogP) is 4.81. The number of hydrogen-bond donors (Lipinski definition) is 0. The van der Waals surface area contributed by atoms with Gasteiger partial charge in [0.05, 0.1) is 12.2 Å². The van der Waals surface area contributed by atoms with Crippen LogP contribution in [0.5, 0.6) is 0 Å². The second kappa shape index (κ2) is 10.4. The van der Waals surface area contributed by atoms with Crippen molar-refractivity contribution in [3.63, 3.8) is 0 Å². The molecule has 0 aromatic heterocycles. The van der Waals surface area contributed by atoms with E-state index in [0.717, 1.165) is 38.1 Å². The molecule has 140 valence electrons. The summed E-state index contributed by atoms with van der Waals surface area (Å²) in [7, 11) is 0.244. The Morgan fingerprint density at radius 3 is 2.64 bits per heavy atom. The molecule has 1 rings (SSSR count). The zero-order valence-electron chi connectivity index (χ0n) is 16.4. The number of hydrogen-bond acceptors (Lipinski definition) is 4. The van der Waals surface area contributed by atoms with Gasteiger partial charge >= 0.3 is 5.97 Å². The summed E-state index contributed by atoms with van der Waals surface area (Å²) in [6.07, 6.45) is 3.12. The molecule has 0 aliphatic carbocycles. The maximum Gasteiger partial charge on any atom is 0.338 e. The number of carbonyl (C=O) groups excluding carboxylic acids is 1. The highest BCUT2D eigenvalue weighted by atomic mass is 28.4. The van der Waals surface area contributed by atoms with E-state index in [-0.39, 0.29) is 5.97 Å². The Balaban J connectivity index is 2.49. The smallest absolute Gasteiger partial charge is 0.338 e. The summed E-state index contributed by atoms with van der Waals surface area (Å²) in [5, 5.41) is 1.28. The molecule has 0 heterocycles. The molecule has 0 aliphatic rings. The van der Waals surface area contributed by atoms with Gasteiger partial charge in [0, 0.05) is 25.9 Å². The first kappa shape index (κ1) is 21.4. The van der Waals surface area contributed by atoms with Crippen molar-refractivity contribution in [1.29, 1.82) is 0 Å². The minimum Gasteiger partial charge on any atom is -0.462 e. The third kappa shape index (κ3) is 7.04. The van der Waals surface area contributed by atoms with Crippen LogP contribution in [0.25, 0.3) is 0 Å². The first-order valence-electron chi connectivity index (χ1n) is 9.12. The molecule has 0 bridgehead atoms. The summed E-state index contributed by atoms with van der Waals surface area (Å²) in [5.74, 6) is -0.275. The number of carbonyl (C=O) groups is 1. The lowest BCUT2D eigenvalue weighted by Crippen LogP contribution is -2.34. The summed E-state index contributed by atoms with van der Waals surface area (Å²) >= 11 is 0. The highest BCUT2D eigenvalue weighted by Gasteiger charge is 2.25. The van der Waals surface area contributed by atoms with Crippen molar-refractivity contribution in [1.82, 2.24) is 0 Å². The van der Waals surface area contributed by atoms with Gasteiger partial charge in [-0.15, -0.1) is 6.58 Å². The van der Waals surface area contributed by atoms with E-state index in [9.17, 15) is 4.79 Å². The van der Waals surface area contributed by atoms with Crippen molar-refractivity contribution < 1.29 is 14.0 Å². The van der Waals surface area contributed by atoms with Crippen molar-refractivity contribution in [2.45, 2.75) is 46.2 Å². The molecule has 25 heavy (non-hydrogen) atoms. The third-order valence-corrected chi connectivity index (χ3v) is 7.18. The number of ether oxygens (including phenoxy) is 1. The minimum atomic E-state index is -1.79. The van der Waals surface area contributed by atoms with E-state index in [1.54, 1.807) is 6.07 Å². The fourth-order valence-electron chi connectivity index (χ4n) is 2.55. The Bertz CT molecular complexity index is 572. The molecule has 5 heteroatoms. The molecular weight excluding hydrogens is 330 g/mol. The molecule has 0 saturated carbocycles. The molecule has 0 fully saturated rings. The van der Waals surface area contributed by atoms with Gasteiger partial charge in [0.1, 0.15) is 0 Å². The van der Waals surface area contributed by atoms with Crippen LogP contribution in [0.1, 0.15) is 43.5 Å². The van der Waals surface area contributed by atoms with Gasteiger partial charge in [0.25, 0.3) is 0 Å². The molecule has 1 aromatic carbocycles. The van der Waals surface area contributed by atoms with Crippen molar-refractivity contribution >= 4 is 20.0 Å². The minimum absolute atomic E-state index is 0.275. The molecule has 0 radical (unpaired) electrons. The lowest BCUT2D eigenvalue weighted by Gasteiger charge is -2.26. The Labute approximate surface area is 154 Å². The largest absolute Gasteiger partial charge is 0.462 e. The summed E-state index contributed by atoms with van der Waals surface area (Å²) in [6.45, 7) is 14.6. The molecule has 1 aromatic rings. The van der Waals surface area contributed by atoms with E-state index >= 15 is 0 Å². The van der Waals surface area contributed by atoms with Gasteiger partial charge in [-0.1, -0.05) is 24.6 Å². The molecule has 0 unspecified atom stereocenters. The predicted molar refractivity (Wildman–Crippen MR) is 108 cm³/mol. The van der Waals surface area contributed by atoms with E-state index in [1.807, 2.05) is 32.2 Å². The van der Waals surface area contributed by atoms with Gasteiger partial charge in [-0.25, -0.2) is 4.79 Å². The van der Waals surface area contributed by atoms with Crippen LogP contribution in [-0.4, -0.2) is 41.1 Å². The lowest BCUT2D eigenvalue weighted by molar-refractivity contribution is 0.0526. The quantitative estimate of drug-likeness (QED) is 0.321. The number of anilines is 1. The van der Waals surface area contributed by atoms with Crippen molar-refractivity contribution in [3.8, 4) is 0 Å². The molecule has 0 N–H and O–H groups in total. The maximum atomic E-state index is 11.8. The number of benzene rings is 1. The van der Waals surface area contributed by atoms with Crippen LogP contribution in [0.4, 0.5) is 5.69 Å². The van der Waals surface area contributed by atoms with Crippen LogP contribution in [0.3, 0.4) is 0 Å². The fraction of sp³-hybridized carbons (Fsp3) is 0.550. The van der Waals surface area contributed by atoms with Gasteiger partial charge in [-0.2, -0.15) is 0 Å². The van der Waals surface area contributed by atoms with Crippen LogP contribution in [0, 0.1) is 0 Å². The number of rotatable bonds is 11. The normalized spacial score (nSPS) is 11.2. The second-order valence-corrected chi connectivity index (χ2v) is 10.8. The SMILES string of the molecule is C=C(CCC)[Si](C)(C)OCCCN(C)c1cccc(C(=O)OCC)c1. The van der Waals surface area contributed by atoms with Gasteiger partial charge in [-0.3, -0.25) is 0 Å².